The minimum absolute atomic E-state index is 0.281. The van der Waals surface area contributed by atoms with Crippen molar-refractivity contribution in [2.75, 3.05) is 47.3 Å². The summed E-state index contributed by atoms with van der Waals surface area (Å²) in [6, 6.07) is 0. The van der Waals surface area contributed by atoms with Crippen LogP contribution in [-0.2, 0) is 0 Å². The van der Waals surface area contributed by atoms with Gasteiger partial charge in [-0.05, 0) is 61.1 Å². The molecule has 0 saturated heterocycles. The number of amidine groups is 1. The molecule has 0 fully saturated rings. The normalized spacial score (nSPS) is 18.9. The summed E-state index contributed by atoms with van der Waals surface area (Å²) in [6.45, 7) is 9.25. The van der Waals surface area contributed by atoms with Crippen LogP contribution in [0.5, 0.6) is 0 Å². The fraction of sp³-hybridized carbons (Fsp3) is 0.929. The molecule has 0 aromatic carbocycles. The SMILES string of the molecule is CCCCN(CC)CCCN(C)C1N=C(N(C)C)SS1. The Morgan fingerprint density at radius 1 is 1.05 bits per heavy atom. The van der Waals surface area contributed by atoms with Crippen molar-refractivity contribution in [2.45, 2.75) is 38.6 Å². The van der Waals surface area contributed by atoms with Gasteiger partial charge in [-0.3, -0.25) is 4.90 Å². The van der Waals surface area contributed by atoms with Gasteiger partial charge in [-0.25, -0.2) is 4.99 Å². The lowest BCUT2D eigenvalue weighted by molar-refractivity contribution is 0.247. The van der Waals surface area contributed by atoms with Crippen LogP contribution in [0.15, 0.2) is 4.99 Å². The quantitative estimate of drug-likeness (QED) is 0.608. The van der Waals surface area contributed by atoms with Crippen LogP contribution < -0.4 is 0 Å². The van der Waals surface area contributed by atoms with Crippen molar-refractivity contribution < 1.29 is 0 Å². The summed E-state index contributed by atoms with van der Waals surface area (Å²) in [4.78, 5) is 11.7. The molecular weight excluding hydrogens is 288 g/mol. The molecule has 1 rings (SSSR count). The van der Waals surface area contributed by atoms with E-state index in [2.05, 4.69) is 49.7 Å². The molecule has 0 aromatic heterocycles. The summed E-state index contributed by atoms with van der Waals surface area (Å²) in [5.41, 5.74) is 0.281. The van der Waals surface area contributed by atoms with Crippen LogP contribution in [0.4, 0.5) is 0 Å². The maximum Gasteiger partial charge on any atom is 0.172 e. The zero-order valence-electron chi connectivity index (χ0n) is 13.6. The molecule has 0 saturated carbocycles. The topological polar surface area (TPSA) is 22.1 Å². The highest BCUT2D eigenvalue weighted by Gasteiger charge is 2.23. The summed E-state index contributed by atoms with van der Waals surface area (Å²) in [5, 5.41) is 1.13. The van der Waals surface area contributed by atoms with Gasteiger partial charge in [0.1, 0.15) is 0 Å². The fourth-order valence-electron chi connectivity index (χ4n) is 2.05. The molecule has 0 amide bonds. The van der Waals surface area contributed by atoms with Gasteiger partial charge in [0.2, 0.25) is 0 Å². The highest BCUT2D eigenvalue weighted by Crippen LogP contribution is 2.37. The van der Waals surface area contributed by atoms with E-state index in [4.69, 9.17) is 4.99 Å². The zero-order chi connectivity index (χ0) is 15.0. The standard InChI is InChI=1S/C14H30N4S2/c1-6-8-11-18(7-2)12-9-10-17(5)14-15-13(16(3)4)19-20-14/h14H,6-12H2,1-5H3. The van der Waals surface area contributed by atoms with Gasteiger partial charge in [-0.2, -0.15) is 0 Å². The van der Waals surface area contributed by atoms with Crippen LogP contribution in [0.2, 0.25) is 0 Å². The Hall–Kier alpha value is 0.0900. The minimum Gasteiger partial charge on any atom is -0.357 e. The minimum atomic E-state index is 0.281. The van der Waals surface area contributed by atoms with E-state index in [1.54, 1.807) is 10.8 Å². The molecule has 1 aliphatic heterocycles. The van der Waals surface area contributed by atoms with Crippen LogP contribution in [0.25, 0.3) is 0 Å². The van der Waals surface area contributed by atoms with Crippen LogP contribution >= 0.6 is 21.6 Å². The molecule has 1 heterocycles. The molecule has 4 nitrogen and oxygen atoms in total. The Labute approximate surface area is 132 Å². The van der Waals surface area contributed by atoms with E-state index >= 15 is 0 Å². The highest BCUT2D eigenvalue weighted by molar-refractivity contribution is 8.82. The van der Waals surface area contributed by atoms with Gasteiger partial charge in [0.15, 0.2) is 10.7 Å². The number of hydrogen-bond donors (Lipinski definition) is 0. The molecule has 20 heavy (non-hydrogen) atoms. The van der Waals surface area contributed by atoms with Crippen molar-refractivity contribution in [1.82, 2.24) is 14.7 Å². The lowest BCUT2D eigenvalue weighted by Gasteiger charge is -2.24. The lowest BCUT2D eigenvalue weighted by Crippen LogP contribution is -2.32. The van der Waals surface area contributed by atoms with Crippen molar-refractivity contribution in [1.29, 1.82) is 0 Å². The average Bonchev–Trinajstić information content (AvgIpc) is 2.92. The van der Waals surface area contributed by atoms with Gasteiger partial charge in [0, 0.05) is 20.6 Å². The average molecular weight is 319 g/mol. The Balaban J connectivity index is 2.24. The largest absolute Gasteiger partial charge is 0.357 e. The van der Waals surface area contributed by atoms with Gasteiger partial charge < -0.3 is 9.80 Å². The molecule has 0 N–H and O–H groups in total. The Bertz CT molecular complexity index is 297. The van der Waals surface area contributed by atoms with Crippen LogP contribution in [-0.4, -0.2) is 72.7 Å². The van der Waals surface area contributed by atoms with E-state index in [1.165, 1.54) is 38.9 Å². The molecule has 0 aromatic rings. The number of nitrogens with zero attached hydrogens (tertiary/aromatic N) is 4. The van der Waals surface area contributed by atoms with Crippen LogP contribution in [0.1, 0.15) is 33.1 Å². The predicted molar refractivity (Wildman–Crippen MR) is 94.4 cm³/mol. The third-order valence-corrected chi connectivity index (χ3v) is 6.06. The zero-order valence-corrected chi connectivity index (χ0v) is 15.3. The molecule has 0 radical (unpaired) electrons. The van der Waals surface area contributed by atoms with Crippen molar-refractivity contribution in [3.63, 3.8) is 0 Å². The van der Waals surface area contributed by atoms with Gasteiger partial charge in [0.25, 0.3) is 0 Å². The second-order valence-corrected chi connectivity index (χ2v) is 7.66. The first-order valence-corrected chi connectivity index (χ1v) is 9.80. The Kier molecular flexibility index (Phi) is 9.00. The molecule has 0 spiro atoms. The first kappa shape index (κ1) is 18.1. The Morgan fingerprint density at radius 2 is 1.75 bits per heavy atom. The molecule has 118 valence electrons. The first-order chi connectivity index (χ1) is 9.58. The summed E-state index contributed by atoms with van der Waals surface area (Å²) in [5.74, 6) is 0. The fourth-order valence-corrected chi connectivity index (χ4v) is 4.64. The summed E-state index contributed by atoms with van der Waals surface area (Å²) in [6.07, 6.45) is 3.83. The number of rotatable bonds is 9. The third-order valence-electron chi connectivity index (χ3n) is 3.45. The maximum absolute atomic E-state index is 4.74. The highest BCUT2D eigenvalue weighted by atomic mass is 33.1. The predicted octanol–water partition coefficient (Wildman–Crippen LogP) is 3.03. The van der Waals surface area contributed by atoms with E-state index in [0.29, 0.717) is 0 Å². The second kappa shape index (κ2) is 9.92. The molecule has 0 aliphatic carbocycles. The lowest BCUT2D eigenvalue weighted by atomic mass is 10.3. The van der Waals surface area contributed by atoms with Gasteiger partial charge in [-0.1, -0.05) is 20.3 Å². The summed E-state index contributed by atoms with van der Waals surface area (Å²) >= 11 is 0. The molecule has 1 aliphatic rings. The van der Waals surface area contributed by atoms with E-state index < -0.39 is 0 Å². The van der Waals surface area contributed by atoms with Gasteiger partial charge >= 0.3 is 0 Å². The first-order valence-electron chi connectivity index (χ1n) is 7.59. The van der Waals surface area contributed by atoms with Crippen molar-refractivity contribution in [3.05, 3.63) is 0 Å². The van der Waals surface area contributed by atoms with E-state index in [0.717, 1.165) is 11.7 Å². The smallest absolute Gasteiger partial charge is 0.172 e. The molecule has 0 bridgehead atoms. The molecular formula is C14H30N4S2. The number of hydrogen-bond acceptors (Lipinski definition) is 6. The van der Waals surface area contributed by atoms with E-state index in [-0.39, 0.29) is 5.50 Å². The Morgan fingerprint density at radius 3 is 2.30 bits per heavy atom. The van der Waals surface area contributed by atoms with E-state index in [9.17, 15) is 0 Å². The summed E-state index contributed by atoms with van der Waals surface area (Å²) in [7, 11) is 9.93. The second-order valence-electron chi connectivity index (χ2n) is 5.43. The van der Waals surface area contributed by atoms with Crippen molar-refractivity contribution in [3.8, 4) is 0 Å². The van der Waals surface area contributed by atoms with E-state index in [1.807, 2.05) is 10.8 Å². The van der Waals surface area contributed by atoms with Crippen LogP contribution in [0, 0.1) is 0 Å². The number of aliphatic imine (C=N–C) groups is 1. The van der Waals surface area contributed by atoms with Crippen molar-refractivity contribution in [2.24, 2.45) is 4.99 Å². The third kappa shape index (κ3) is 6.24. The molecule has 1 atom stereocenters. The van der Waals surface area contributed by atoms with Gasteiger partial charge in [-0.15, -0.1) is 0 Å². The van der Waals surface area contributed by atoms with Gasteiger partial charge in [0.05, 0.1) is 0 Å². The monoisotopic (exact) mass is 318 g/mol. The molecule has 6 heteroatoms. The number of unbranched alkanes of at least 4 members (excludes halogenated alkanes) is 1. The molecule has 1 unspecified atom stereocenters. The maximum atomic E-state index is 4.74. The summed E-state index contributed by atoms with van der Waals surface area (Å²) < 4.78 is 0. The van der Waals surface area contributed by atoms with Crippen LogP contribution in [0.3, 0.4) is 0 Å². The van der Waals surface area contributed by atoms with Crippen molar-refractivity contribution >= 4 is 26.8 Å².